The molecule has 2 aliphatic rings. The average Bonchev–Trinajstić information content (AvgIpc) is 2.85. The first-order chi connectivity index (χ1) is 8.97. The molecule has 0 radical (unpaired) electrons. The first kappa shape index (κ1) is 14.5. The number of urea groups is 1. The number of carbonyl (C=O) groups excluding carboxylic acids is 1. The predicted octanol–water partition coefficient (Wildman–Crippen LogP) is 1.59. The molecule has 0 spiro atoms. The van der Waals surface area contributed by atoms with Crippen LogP contribution in [0.3, 0.4) is 0 Å². The Balaban J connectivity index is 2.04. The summed E-state index contributed by atoms with van der Waals surface area (Å²) < 4.78 is 0. The van der Waals surface area contributed by atoms with Gasteiger partial charge in [-0.05, 0) is 12.3 Å². The van der Waals surface area contributed by atoms with Gasteiger partial charge in [0.15, 0.2) is 0 Å². The van der Waals surface area contributed by atoms with Crippen molar-refractivity contribution in [1.29, 1.82) is 0 Å². The third-order valence-corrected chi connectivity index (χ3v) is 5.33. The molecule has 6 heteroatoms. The van der Waals surface area contributed by atoms with E-state index in [2.05, 4.69) is 0 Å². The summed E-state index contributed by atoms with van der Waals surface area (Å²) in [6, 6.07) is 0.0177. The van der Waals surface area contributed by atoms with Crippen LogP contribution in [0.1, 0.15) is 20.3 Å². The van der Waals surface area contributed by atoms with E-state index in [1.807, 2.05) is 30.5 Å². The Morgan fingerprint density at radius 3 is 2.26 bits per heavy atom. The van der Waals surface area contributed by atoms with Gasteiger partial charge in [-0.3, -0.25) is 4.79 Å². The fourth-order valence-corrected chi connectivity index (χ4v) is 3.75. The summed E-state index contributed by atoms with van der Waals surface area (Å²) in [6.45, 7) is 6.33. The van der Waals surface area contributed by atoms with E-state index in [-0.39, 0.29) is 11.9 Å². The highest BCUT2D eigenvalue weighted by atomic mass is 32.2. The van der Waals surface area contributed by atoms with Crippen LogP contribution >= 0.6 is 11.8 Å². The molecule has 0 aromatic carbocycles. The summed E-state index contributed by atoms with van der Waals surface area (Å²) in [5.41, 5.74) is -0.764. The van der Waals surface area contributed by atoms with E-state index in [0.717, 1.165) is 24.6 Å². The number of likely N-dealkylation sites (tertiary alicyclic amines) is 1. The van der Waals surface area contributed by atoms with Crippen molar-refractivity contribution >= 4 is 23.8 Å². The largest absolute Gasteiger partial charge is 0.481 e. The summed E-state index contributed by atoms with van der Waals surface area (Å²) in [5.74, 6) is 1.23. The number of amides is 2. The molecular formula is C13H22N2O3S. The number of thioether (sulfide) groups is 1. The van der Waals surface area contributed by atoms with E-state index in [9.17, 15) is 14.7 Å². The van der Waals surface area contributed by atoms with E-state index >= 15 is 0 Å². The molecule has 2 saturated heterocycles. The van der Waals surface area contributed by atoms with Crippen LogP contribution < -0.4 is 0 Å². The highest BCUT2D eigenvalue weighted by Gasteiger charge is 2.49. The molecule has 2 heterocycles. The Kier molecular flexibility index (Phi) is 4.28. The smallest absolute Gasteiger partial charge is 0.320 e. The van der Waals surface area contributed by atoms with Gasteiger partial charge in [-0.15, -0.1) is 0 Å². The number of carboxylic acids is 1. The second-order valence-corrected chi connectivity index (χ2v) is 6.89. The van der Waals surface area contributed by atoms with Gasteiger partial charge in [0.2, 0.25) is 0 Å². The Bertz CT molecular complexity index is 369. The van der Waals surface area contributed by atoms with Crippen LogP contribution in [-0.2, 0) is 4.79 Å². The molecule has 108 valence electrons. The van der Waals surface area contributed by atoms with Crippen LogP contribution in [0, 0.1) is 11.3 Å². The predicted molar refractivity (Wildman–Crippen MR) is 75.4 cm³/mol. The minimum atomic E-state index is -0.771. The number of hydrogen-bond donors (Lipinski definition) is 1. The maximum absolute atomic E-state index is 12.4. The van der Waals surface area contributed by atoms with Crippen molar-refractivity contribution in [3.05, 3.63) is 0 Å². The number of carboxylic acid groups (broad SMARTS) is 1. The molecular weight excluding hydrogens is 264 g/mol. The van der Waals surface area contributed by atoms with Crippen LogP contribution in [0.2, 0.25) is 0 Å². The summed E-state index contributed by atoms with van der Waals surface area (Å²) in [6.07, 6.45) is 0.564. The zero-order chi connectivity index (χ0) is 14.0. The standard InChI is InChI=1S/C13H22N2O3S/c1-10(2)13(11(16)17)3-4-15(9-13)12(18)14-5-7-19-8-6-14/h10H,3-9H2,1-2H3,(H,16,17). The summed E-state index contributed by atoms with van der Waals surface area (Å²) in [7, 11) is 0. The second kappa shape index (κ2) is 5.61. The molecule has 1 unspecified atom stereocenters. The van der Waals surface area contributed by atoms with E-state index < -0.39 is 11.4 Å². The minimum absolute atomic E-state index is 0.0177. The topological polar surface area (TPSA) is 60.9 Å². The number of hydrogen-bond acceptors (Lipinski definition) is 3. The zero-order valence-corrected chi connectivity index (χ0v) is 12.4. The van der Waals surface area contributed by atoms with Crippen molar-refractivity contribution in [3.63, 3.8) is 0 Å². The fraction of sp³-hybridized carbons (Fsp3) is 0.846. The van der Waals surface area contributed by atoms with Crippen molar-refractivity contribution in [1.82, 2.24) is 9.80 Å². The van der Waals surface area contributed by atoms with Crippen LogP contribution in [0.15, 0.2) is 0 Å². The van der Waals surface area contributed by atoms with Crippen molar-refractivity contribution in [2.75, 3.05) is 37.7 Å². The first-order valence-corrected chi connectivity index (χ1v) is 7.98. The van der Waals surface area contributed by atoms with Crippen LogP contribution in [0.5, 0.6) is 0 Å². The molecule has 2 fully saturated rings. The number of rotatable bonds is 2. The van der Waals surface area contributed by atoms with Gasteiger partial charge in [0.25, 0.3) is 0 Å². The van der Waals surface area contributed by atoms with Gasteiger partial charge in [-0.2, -0.15) is 11.8 Å². The van der Waals surface area contributed by atoms with Crippen molar-refractivity contribution in [3.8, 4) is 0 Å². The highest BCUT2D eigenvalue weighted by molar-refractivity contribution is 7.99. The number of carbonyl (C=O) groups is 2. The summed E-state index contributed by atoms with van der Waals surface area (Å²) in [4.78, 5) is 27.5. The zero-order valence-electron chi connectivity index (χ0n) is 11.6. The fourth-order valence-electron chi connectivity index (χ4n) is 2.84. The Labute approximate surface area is 118 Å². The Morgan fingerprint density at radius 2 is 1.79 bits per heavy atom. The lowest BCUT2D eigenvalue weighted by atomic mass is 9.76. The summed E-state index contributed by atoms with van der Waals surface area (Å²) >= 11 is 1.86. The normalized spacial score (nSPS) is 27.9. The molecule has 0 aliphatic carbocycles. The molecule has 1 atom stereocenters. The number of nitrogens with zero attached hydrogens (tertiary/aromatic N) is 2. The molecule has 2 aliphatic heterocycles. The highest BCUT2D eigenvalue weighted by Crippen LogP contribution is 2.38. The molecule has 2 rings (SSSR count). The minimum Gasteiger partial charge on any atom is -0.481 e. The average molecular weight is 286 g/mol. The Morgan fingerprint density at radius 1 is 1.16 bits per heavy atom. The van der Waals surface area contributed by atoms with Crippen molar-refractivity contribution in [2.24, 2.45) is 11.3 Å². The maximum Gasteiger partial charge on any atom is 0.320 e. The summed E-state index contributed by atoms with van der Waals surface area (Å²) in [5, 5.41) is 9.49. The van der Waals surface area contributed by atoms with Gasteiger partial charge in [0, 0.05) is 37.7 Å². The molecule has 0 aromatic heterocycles. The molecule has 0 aromatic rings. The van der Waals surface area contributed by atoms with Crippen molar-refractivity contribution < 1.29 is 14.7 Å². The van der Waals surface area contributed by atoms with Crippen LogP contribution in [0.25, 0.3) is 0 Å². The van der Waals surface area contributed by atoms with Gasteiger partial charge in [-0.25, -0.2) is 4.79 Å². The molecule has 2 amide bonds. The molecule has 0 bridgehead atoms. The van der Waals surface area contributed by atoms with Crippen LogP contribution in [0.4, 0.5) is 4.79 Å². The van der Waals surface area contributed by atoms with Gasteiger partial charge in [0.1, 0.15) is 0 Å². The number of aliphatic carboxylic acids is 1. The van der Waals surface area contributed by atoms with E-state index in [1.165, 1.54) is 0 Å². The lowest BCUT2D eigenvalue weighted by molar-refractivity contribution is -0.150. The van der Waals surface area contributed by atoms with Crippen molar-refractivity contribution in [2.45, 2.75) is 20.3 Å². The molecule has 19 heavy (non-hydrogen) atoms. The monoisotopic (exact) mass is 286 g/mol. The van der Waals surface area contributed by atoms with E-state index in [1.54, 1.807) is 4.90 Å². The molecule has 0 saturated carbocycles. The van der Waals surface area contributed by atoms with Crippen LogP contribution in [-0.4, -0.2) is 64.6 Å². The van der Waals surface area contributed by atoms with E-state index in [4.69, 9.17) is 0 Å². The first-order valence-electron chi connectivity index (χ1n) is 6.82. The van der Waals surface area contributed by atoms with E-state index in [0.29, 0.717) is 19.5 Å². The van der Waals surface area contributed by atoms with Gasteiger partial charge >= 0.3 is 12.0 Å². The molecule has 1 N–H and O–H groups in total. The SMILES string of the molecule is CC(C)C1(C(=O)O)CCN(C(=O)N2CCSCC2)C1. The lowest BCUT2D eigenvalue weighted by Gasteiger charge is -2.32. The van der Waals surface area contributed by atoms with Gasteiger partial charge in [-0.1, -0.05) is 13.8 Å². The Hall–Kier alpha value is -0.910. The third kappa shape index (κ3) is 2.68. The van der Waals surface area contributed by atoms with Gasteiger partial charge < -0.3 is 14.9 Å². The third-order valence-electron chi connectivity index (χ3n) is 4.38. The van der Waals surface area contributed by atoms with Gasteiger partial charge in [0.05, 0.1) is 5.41 Å². The lowest BCUT2D eigenvalue weighted by Crippen LogP contribution is -2.47. The molecule has 5 nitrogen and oxygen atoms in total. The quantitative estimate of drug-likeness (QED) is 0.837. The second-order valence-electron chi connectivity index (χ2n) is 5.67. The maximum atomic E-state index is 12.4.